The van der Waals surface area contributed by atoms with Gasteiger partial charge in [-0.15, -0.1) is 11.3 Å². The maximum atomic E-state index is 12.5. The summed E-state index contributed by atoms with van der Waals surface area (Å²) < 4.78 is 1.16. The summed E-state index contributed by atoms with van der Waals surface area (Å²) in [7, 11) is 0. The molecule has 5 nitrogen and oxygen atoms in total. The van der Waals surface area contributed by atoms with Gasteiger partial charge in [-0.2, -0.15) is 0 Å². The molecule has 0 unspecified atom stereocenters. The molecule has 0 aromatic carbocycles. The quantitative estimate of drug-likeness (QED) is 0.823. The van der Waals surface area contributed by atoms with Gasteiger partial charge in [0.15, 0.2) is 0 Å². The number of nitrogens with one attached hydrogen (secondary N) is 1. The molecular formula is C18H23BrN4OS. The van der Waals surface area contributed by atoms with Crippen LogP contribution in [-0.2, 0) is 19.5 Å². The number of halogens is 1. The van der Waals surface area contributed by atoms with Crippen molar-refractivity contribution in [3.63, 3.8) is 0 Å². The van der Waals surface area contributed by atoms with Crippen LogP contribution in [0.3, 0.4) is 0 Å². The zero-order chi connectivity index (χ0) is 17.4. The fraction of sp³-hybridized carbons (Fsp3) is 0.556. The van der Waals surface area contributed by atoms with Gasteiger partial charge in [0.2, 0.25) is 5.95 Å². The van der Waals surface area contributed by atoms with Gasteiger partial charge in [0.1, 0.15) is 0 Å². The molecule has 1 saturated heterocycles. The van der Waals surface area contributed by atoms with E-state index in [-0.39, 0.29) is 5.56 Å². The maximum absolute atomic E-state index is 12.5. The first-order valence-corrected chi connectivity index (χ1v) is 10.5. The predicted octanol–water partition coefficient (Wildman–Crippen LogP) is 3.39. The van der Waals surface area contributed by atoms with Crippen molar-refractivity contribution in [2.75, 3.05) is 24.5 Å². The highest BCUT2D eigenvalue weighted by atomic mass is 79.9. The third kappa shape index (κ3) is 3.83. The first kappa shape index (κ1) is 17.2. The Kier molecular flexibility index (Phi) is 4.97. The van der Waals surface area contributed by atoms with Crippen molar-refractivity contribution in [1.29, 1.82) is 0 Å². The molecule has 25 heavy (non-hydrogen) atoms. The zero-order valence-electron chi connectivity index (χ0n) is 14.4. The summed E-state index contributed by atoms with van der Waals surface area (Å²) in [5, 5.41) is 0. The van der Waals surface area contributed by atoms with E-state index < -0.39 is 0 Å². The minimum Gasteiger partial charge on any atom is -0.342 e. The maximum Gasteiger partial charge on any atom is 0.255 e. The summed E-state index contributed by atoms with van der Waals surface area (Å²) in [5.74, 6) is 1.53. The average Bonchev–Trinajstić information content (AvgIpc) is 3.00. The summed E-state index contributed by atoms with van der Waals surface area (Å²) in [5.41, 5.74) is 1.88. The van der Waals surface area contributed by atoms with Gasteiger partial charge in [0.05, 0.1) is 9.48 Å². The molecule has 1 fully saturated rings. The smallest absolute Gasteiger partial charge is 0.255 e. The second kappa shape index (κ2) is 7.21. The largest absolute Gasteiger partial charge is 0.342 e. The number of rotatable bonds is 3. The van der Waals surface area contributed by atoms with Crippen LogP contribution >= 0.6 is 27.3 Å². The Morgan fingerprint density at radius 1 is 1.32 bits per heavy atom. The van der Waals surface area contributed by atoms with Crippen LogP contribution in [0, 0.1) is 5.92 Å². The van der Waals surface area contributed by atoms with E-state index in [9.17, 15) is 4.79 Å². The Morgan fingerprint density at radius 3 is 2.84 bits per heavy atom. The third-order valence-electron chi connectivity index (χ3n) is 5.23. The predicted molar refractivity (Wildman–Crippen MR) is 105 cm³/mol. The summed E-state index contributed by atoms with van der Waals surface area (Å²) in [6.45, 7) is 6.84. The van der Waals surface area contributed by atoms with E-state index >= 15 is 0 Å². The summed E-state index contributed by atoms with van der Waals surface area (Å²) >= 11 is 5.30. The highest BCUT2D eigenvalue weighted by molar-refractivity contribution is 9.11. The summed E-state index contributed by atoms with van der Waals surface area (Å²) in [6.07, 6.45) is 3.11. The molecule has 0 radical (unpaired) electrons. The minimum absolute atomic E-state index is 0.0529. The molecule has 0 amide bonds. The van der Waals surface area contributed by atoms with Gasteiger partial charge in [-0.1, -0.05) is 6.92 Å². The number of fused-ring (bicyclic) bond motifs is 1. The van der Waals surface area contributed by atoms with Crippen molar-refractivity contribution >= 4 is 33.2 Å². The van der Waals surface area contributed by atoms with Crippen LogP contribution in [0.15, 0.2) is 20.7 Å². The van der Waals surface area contributed by atoms with Gasteiger partial charge < -0.3 is 4.90 Å². The lowest BCUT2D eigenvalue weighted by molar-refractivity contribution is 0.242. The van der Waals surface area contributed by atoms with Crippen LogP contribution in [0.4, 0.5) is 5.95 Å². The number of aromatic nitrogens is 2. The summed E-state index contributed by atoms with van der Waals surface area (Å²) in [4.78, 5) is 26.3. The molecule has 2 aromatic heterocycles. The monoisotopic (exact) mass is 422 g/mol. The lowest BCUT2D eigenvalue weighted by Crippen LogP contribution is -2.39. The molecule has 0 bridgehead atoms. The molecule has 2 aromatic rings. The molecule has 4 rings (SSSR count). The highest BCUT2D eigenvalue weighted by Gasteiger charge is 2.24. The molecule has 0 aliphatic carbocycles. The van der Waals surface area contributed by atoms with Gasteiger partial charge in [-0.25, -0.2) is 4.98 Å². The van der Waals surface area contributed by atoms with Crippen LogP contribution < -0.4 is 10.5 Å². The number of nitrogens with zero attached hydrogens (tertiary/aromatic N) is 3. The van der Waals surface area contributed by atoms with E-state index in [0.717, 1.165) is 66.1 Å². The van der Waals surface area contributed by atoms with Crippen LogP contribution in [0.25, 0.3) is 0 Å². The van der Waals surface area contributed by atoms with Gasteiger partial charge in [0.25, 0.3) is 5.56 Å². The number of thiophene rings is 1. The second-order valence-corrected chi connectivity index (χ2v) is 9.70. The van der Waals surface area contributed by atoms with Crippen molar-refractivity contribution in [2.45, 2.75) is 39.3 Å². The van der Waals surface area contributed by atoms with Gasteiger partial charge in [-0.05, 0) is 53.2 Å². The topological polar surface area (TPSA) is 52.2 Å². The molecular weight excluding hydrogens is 400 g/mol. The molecule has 2 aliphatic rings. The fourth-order valence-corrected chi connectivity index (χ4v) is 5.17. The molecule has 7 heteroatoms. The van der Waals surface area contributed by atoms with Crippen LogP contribution in [-0.4, -0.2) is 34.5 Å². The number of aromatic amines is 1. The molecule has 0 saturated carbocycles. The minimum atomic E-state index is 0.0529. The van der Waals surface area contributed by atoms with Crippen molar-refractivity contribution in [2.24, 2.45) is 5.92 Å². The van der Waals surface area contributed by atoms with E-state index in [1.54, 1.807) is 11.3 Å². The van der Waals surface area contributed by atoms with Crippen molar-refractivity contribution in [1.82, 2.24) is 14.9 Å². The van der Waals surface area contributed by atoms with Crippen molar-refractivity contribution in [3.05, 3.63) is 42.4 Å². The fourth-order valence-electron chi connectivity index (χ4n) is 3.64. The van der Waals surface area contributed by atoms with E-state index in [1.807, 2.05) is 0 Å². The van der Waals surface area contributed by atoms with Crippen LogP contribution in [0.5, 0.6) is 0 Å². The Balaban J connectivity index is 1.53. The van der Waals surface area contributed by atoms with Gasteiger partial charge in [0, 0.05) is 43.2 Å². The van der Waals surface area contributed by atoms with E-state index in [2.05, 4.69) is 49.8 Å². The lowest BCUT2D eigenvalue weighted by Gasteiger charge is -2.32. The number of hydrogen-bond acceptors (Lipinski definition) is 5. The van der Waals surface area contributed by atoms with E-state index in [1.165, 1.54) is 17.7 Å². The first-order chi connectivity index (χ1) is 12.1. The average molecular weight is 423 g/mol. The number of hydrogen-bond donors (Lipinski definition) is 1. The van der Waals surface area contributed by atoms with Crippen molar-refractivity contribution < 1.29 is 0 Å². The zero-order valence-corrected chi connectivity index (χ0v) is 16.8. The third-order valence-corrected chi connectivity index (χ3v) is 6.84. The van der Waals surface area contributed by atoms with E-state index in [0.29, 0.717) is 0 Å². The Bertz CT molecular complexity index is 810. The molecule has 1 N–H and O–H groups in total. The molecule has 2 aliphatic heterocycles. The Labute approximate surface area is 160 Å². The lowest BCUT2D eigenvalue weighted by atomic mass is 9.99. The van der Waals surface area contributed by atoms with Gasteiger partial charge >= 0.3 is 0 Å². The van der Waals surface area contributed by atoms with Gasteiger partial charge in [-0.3, -0.25) is 14.7 Å². The van der Waals surface area contributed by atoms with E-state index in [4.69, 9.17) is 4.98 Å². The number of anilines is 1. The Hall–Kier alpha value is -1.18. The SMILES string of the molecule is CC1CCN(c2nc3c(c(=O)[nH]2)CCN(Cc2ccc(Br)s2)C3)CC1. The molecule has 4 heterocycles. The molecule has 0 atom stereocenters. The highest BCUT2D eigenvalue weighted by Crippen LogP contribution is 2.26. The number of H-pyrrole nitrogens is 1. The van der Waals surface area contributed by atoms with Crippen molar-refractivity contribution in [3.8, 4) is 0 Å². The first-order valence-electron chi connectivity index (χ1n) is 8.92. The second-order valence-electron chi connectivity index (χ2n) is 7.15. The van der Waals surface area contributed by atoms with Crippen LogP contribution in [0.2, 0.25) is 0 Å². The van der Waals surface area contributed by atoms with Crippen LogP contribution in [0.1, 0.15) is 35.9 Å². The molecule has 134 valence electrons. The standard InChI is InChI=1S/C18H23BrN4OS/c1-12-4-8-23(9-5-12)18-20-15-11-22(7-6-14(15)17(24)21-18)10-13-2-3-16(19)25-13/h2-3,12H,4-11H2,1H3,(H,20,21,24). The normalized spacial score (nSPS) is 19.2. The number of piperidine rings is 1. The Morgan fingerprint density at radius 2 is 2.12 bits per heavy atom. The summed E-state index contributed by atoms with van der Waals surface area (Å²) in [6, 6.07) is 4.26. The molecule has 0 spiro atoms.